The van der Waals surface area contributed by atoms with Crippen molar-refractivity contribution in [3.8, 4) is 0 Å². The molecular formula is C21H22BrN3O10. The molecule has 0 aliphatic rings. The number of aromatic carboxylic acids is 2. The van der Waals surface area contributed by atoms with Gasteiger partial charge in [0.1, 0.15) is 5.60 Å². The van der Waals surface area contributed by atoms with Crippen molar-refractivity contribution in [1.29, 1.82) is 0 Å². The van der Waals surface area contributed by atoms with E-state index in [1.807, 2.05) is 0 Å². The Kier molecular flexibility index (Phi) is 10.3. The van der Waals surface area contributed by atoms with Gasteiger partial charge >= 0.3 is 18.0 Å². The highest BCUT2D eigenvalue weighted by Crippen LogP contribution is 2.23. The summed E-state index contributed by atoms with van der Waals surface area (Å²) in [5.41, 5.74) is -0.851. The molecule has 0 aliphatic heterocycles. The molecule has 2 aromatic rings. The van der Waals surface area contributed by atoms with Crippen molar-refractivity contribution in [3.63, 3.8) is 0 Å². The molecule has 0 saturated carbocycles. The molecule has 13 nitrogen and oxygen atoms in total. The zero-order valence-electron chi connectivity index (χ0n) is 18.8. The van der Waals surface area contributed by atoms with Crippen LogP contribution in [0, 0.1) is 20.2 Å². The topological polar surface area (TPSA) is 199 Å². The van der Waals surface area contributed by atoms with Crippen molar-refractivity contribution >= 4 is 45.3 Å². The number of carbonyl (C=O) groups excluding carboxylic acids is 1. The lowest BCUT2D eigenvalue weighted by Crippen LogP contribution is -2.32. The number of carboxylic acid groups (broad SMARTS) is 2. The summed E-state index contributed by atoms with van der Waals surface area (Å²) >= 11 is 3.09. The van der Waals surface area contributed by atoms with Gasteiger partial charge in [-0.1, -0.05) is 22.0 Å². The number of amides is 1. The van der Waals surface area contributed by atoms with Crippen molar-refractivity contribution in [1.82, 2.24) is 5.32 Å². The number of nitrogens with one attached hydrogen (secondary N) is 1. The van der Waals surface area contributed by atoms with E-state index < -0.39 is 33.5 Å². The molecule has 3 N–H and O–H groups in total. The fraction of sp³-hybridized carbons (Fsp3) is 0.286. The van der Waals surface area contributed by atoms with E-state index >= 15 is 0 Å². The molecule has 0 atom stereocenters. The summed E-state index contributed by atoms with van der Waals surface area (Å²) in [6, 6.07) is 7.30. The highest BCUT2D eigenvalue weighted by atomic mass is 79.9. The molecule has 0 fully saturated rings. The summed E-state index contributed by atoms with van der Waals surface area (Å²) in [5.74, 6) is -2.43. The minimum Gasteiger partial charge on any atom is -0.478 e. The number of ether oxygens (including phenoxy) is 1. The number of rotatable bonds is 7. The van der Waals surface area contributed by atoms with Crippen molar-refractivity contribution < 1.29 is 39.2 Å². The molecule has 0 aromatic heterocycles. The summed E-state index contributed by atoms with van der Waals surface area (Å²) in [6.45, 7) is 4.94. The molecule has 188 valence electrons. The van der Waals surface area contributed by atoms with Gasteiger partial charge in [0.25, 0.3) is 11.4 Å². The lowest BCUT2D eigenvalue weighted by atomic mass is 10.1. The molecule has 0 aliphatic carbocycles. The number of benzene rings is 2. The summed E-state index contributed by atoms with van der Waals surface area (Å²) in [7, 11) is 0. The molecule has 2 aromatic carbocycles. The lowest BCUT2D eigenvalue weighted by Gasteiger charge is -2.19. The molecule has 1 amide bonds. The van der Waals surface area contributed by atoms with Crippen LogP contribution in [0.1, 0.15) is 52.6 Å². The van der Waals surface area contributed by atoms with Gasteiger partial charge < -0.3 is 20.3 Å². The number of carboxylic acids is 2. The molecule has 0 unspecified atom stereocenters. The van der Waals surface area contributed by atoms with Gasteiger partial charge in [-0.25, -0.2) is 14.4 Å². The number of nitrogens with zero attached hydrogens (tertiary/aromatic N) is 2. The van der Waals surface area contributed by atoms with E-state index in [1.165, 1.54) is 24.3 Å². The molecule has 0 saturated heterocycles. The van der Waals surface area contributed by atoms with Gasteiger partial charge in [0.05, 0.1) is 27.5 Å². The van der Waals surface area contributed by atoms with E-state index in [4.69, 9.17) is 14.9 Å². The van der Waals surface area contributed by atoms with Gasteiger partial charge in [-0.15, -0.1) is 0 Å². The summed E-state index contributed by atoms with van der Waals surface area (Å²) in [6.07, 6.45) is -0.709. The first-order valence-electron chi connectivity index (χ1n) is 9.70. The van der Waals surface area contributed by atoms with Crippen LogP contribution in [0.5, 0.6) is 0 Å². The predicted octanol–water partition coefficient (Wildman–Crippen LogP) is 4.51. The van der Waals surface area contributed by atoms with Crippen molar-refractivity contribution in [2.75, 3.05) is 0 Å². The van der Waals surface area contributed by atoms with Crippen molar-refractivity contribution in [2.45, 2.75) is 38.2 Å². The summed E-state index contributed by atoms with van der Waals surface area (Å²) in [5, 5.41) is 41.6. The van der Waals surface area contributed by atoms with Crippen LogP contribution in [0.4, 0.5) is 16.2 Å². The largest absolute Gasteiger partial charge is 0.478 e. The Balaban J connectivity index is 0.000000379. The van der Waals surface area contributed by atoms with Crippen LogP contribution in [0.25, 0.3) is 0 Å². The first kappa shape index (κ1) is 29.0. The average molecular weight is 556 g/mol. The number of alkyl carbamates (subject to hydrolysis) is 1. The first-order valence-corrected chi connectivity index (χ1v) is 10.8. The SMILES string of the molecule is CC(C)(C)OC(=O)NCc1ccc(C(=O)O)cc1[N+](=O)[O-].O=C(O)c1ccc(CBr)c([N+](=O)[O-])c1. The third-order valence-corrected chi connectivity index (χ3v) is 4.63. The van der Waals surface area contributed by atoms with Crippen LogP contribution >= 0.6 is 15.9 Å². The standard InChI is InChI=1S/C13H16N2O6.C8H6BrNO4/c1-13(2,3)21-12(18)14-7-9-5-4-8(11(16)17)6-10(9)15(19)20;9-4-6-2-1-5(8(11)12)3-7(6)10(13)14/h4-6H,7H2,1-3H3,(H,14,18)(H,16,17);1-3H,4H2,(H,11,12). The quantitative estimate of drug-likeness (QED) is 0.248. The zero-order chi connectivity index (χ0) is 26.9. The maximum absolute atomic E-state index is 11.5. The number of nitro groups is 2. The maximum Gasteiger partial charge on any atom is 0.407 e. The fourth-order valence-corrected chi connectivity index (χ4v) is 2.95. The number of carbonyl (C=O) groups is 3. The second-order valence-corrected chi connectivity index (χ2v) is 8.36. The molecule has 0 heterocycles. The van der Waals surface area contributed by atoms with Gasteiger partial charge in [-0.3, -0.25) is 20.2 Å². The molecule has 0 bridgehead atoms. The van der Waals surface area contributed by atoms with Gasteiger partial charge in [-0.2, -0.15) is 0 Å². The van der Waals surface area contributed by atoms with Crippen LogP contribution in [0.15, 0.2) is 36.4 Å². The van der Waals surface area contributed by atoms with Crippen LogP contribution in [-0.4, -0.2) is 43.7 Å². The average Bonchev–Trinajstić information content (AvgIpc) is 2.76. The third kappa shape index (κ3) is 9.37. The number of halogens is 1. The number of alkyl halides is 1. The maximum atomic E-state index is 11.5. The molecule has 2 rings (SSSR count). The van der Waals surface area contributed by atoms with E-state index in [0.29, 0.717) is 10.9 Å². The minimum atomic E-state index is -1.26. The molecule has 35 heavy (non-hydrogen) atoms. The summed E-state index contributed by atoms with van der Waals surface area (Å²) < 4.78 is 5.01. The fourth-order valence-electron chi connectivity index (χ4n) is 2.48. The Morgan fingerprint density at radius 3 is 1.71 bits per heavy atom. The highest BCUT2D eigenvalue weighted by molar-refractivity contribution is 9.08. The van der Waals surface area contributed by atoms with Crippen LogP contribution in [0.3, 0.4) is 0 Å². The van der Waals surface area contributed by atoms with E-state index in [-0.39, 0.29) is 34.6 Å². The zero-order valence-corrected chi connectivity index (χ0v) is 20.4. The second-order valence-electron chi connectivity index (χ2n) is 7.80. The Bertz CT molecular complexity index is 1140. The molecule has 0 spiro atoms. The monoisotopic (exact) mass is 555 g/mol. The second kappa shape index (κ2) is 12.4. The number of hydrogen-bond donors (Lipinski definition) is 3. The lowest BCUT2D eigenvalue weighted by molar-refractivity contribution is -0.385. The van der Waals surface area contributed by atoms with Crippen molar-refractivity contribution in [2.24, 2.45) is 0 Å². The van der Waals surface area contributed by atoms with Crippen molar-refractivity contribution in [3.05, 3.63) is 78.9 Å². The molecular weight excluding hydrogens is 534 g/mol. The Morgan fingerprint density at radius 1 is 0.914 bits per heavy atom. The predicted molar refractivity (Wildman–Crippen MR) is 126 cm³/mol. The van der Waals surface area contributed by atoms with Crippen LogP contribution in [-0.2, 0) is 16.6 Å². The number of hydrogen-bond acceptors (Lipinski definition) is 8. The summed E-state index contributed by atoms with van der Waals surface area (Å²) in [4.78, 5) is 53.0. The smallest absolute Gasteiger partial charge is 0.407 e. The van der Waals surface area contributed by atoms with E-state index in [0.717, 1.165) is 12.1 Å². The van der Waals surface area contributed by atoms with Gasteiger partial charge in [0.15, 0.2) is 0 Å². The Labute approximate surface area is 207 Å². The van der Waals surface area contributed by atoms with E-state index in [1.54, 1.807) is 20.8 Å². The Hall–Kier alpha value is -4.07. The van der Waals surface area contributed by atoms with Gasteiger partial charge in [-0.05, 0) is 39.0 Å². The minimum absolute atomic E-state index is 0.0820. The van der Waals surface area contributed by atoms with Gasteiger partial charge in [0, 0.05) is 28.6 Å². The highest BCUT2D eigenvalue weighted by Gasteiger charge is 2.20. The normalized spacial score (nSPS) is 10.4. The number of nitro benzene ring substituents is 2. The Morgan fingerprint density at radius 2 is 1.34 bits per heavy atom. The molecule has 14 heteroatoms. The third-order valence-electron chi connectivity index (χ3n) is 4.02. The first-order chi connectivity index (χ1) is 16.2. The van der Waals surface area contributed by atoms with Crippen LogP contribution < -0.4 is 5.32 Å². The van der Waals surface area contributed by atoms with E-state index in [2.05, 4.69) is 21.2 Å². The van der Waals surface area contributed by atoms with E-state index in [9.17, 15) is 34.6 Å². The molecule has 0 radical (unpaired) electrons. The van der Waals surface area contributed by atoms with Crippen LogP contribution in [0.2, 0.25) is 0 Å². The van der Waals surface area contributed by atoms with Gasteiger partial charge in [0.2, 0.25) is 0 Å².